The van der Waals surface area contributed by atoms with Gasteiger partial charge in [0.1, 0.15) is 4.90 Å². The van der Waals surface area contributed by atoms with Crippen LogP contribution < -0.4 is 0 Å². The maximum atomic E-state index is 12.1. The van der Waals surface area contributed by atoms with Gasteiger partial charge in [-0.1, -0.05) is 18.2 Å². The standard InChI is InChI=1S/C12H12N2O2S/c15-17(16,14-6-3-7-14)11-8-10-4-1-2-5-12(10)13-9-11/h1-2,4-5,8-9H,3,6-7H2. The molecule has 88 valence electrons. The molecule has 0 N–H and O–H groups in total. The SMILES string of the molecule is O=S(=O)(c1cnc2ccccc2c1)N1CCC1. The van der Waals surface area contributed by atoms with Gasteiger partial charge in [-0.3, -0.25) is 4.98 Å². The number of nitrogens with zero attached hydrogens (tertiary/aromatic N) is 2. The molecule has 1 aromatic carbocycles. The summed E-state index contributed by atoms with van der Waals surface area (Å²) in [5.41, 5.74) is 0.815. The molecule has 4 nitrogen and oxygen atoms in total. The van der Waals surface area contributed by atoms with Crippen LogP contribution in [0.2, 0.25) is 0 Å². The zero-order chi connectivity index (χ0) is 11.9. The summed E-state index contributed by atoms with van der Waals surface area (Å²) in [4.78, 5) is 4.47. The highest BCUT2D eigenvalue weighted by atomic mass is 32.2. The van der Waals surface area contributed by atoms with E-state index >= 15 is 0 Å². The van der Waals surface area contributed by atoms with Crippen molar-refractivity contribution in [2.24, 2.45) is 0 Å². The van der Waals surface area contributed by atoms with Crippen LogP contribution in [0.1, 0.15) is 6.42 Å². The molecule has 0 spiro atoms. The molecule has 0 bridgehead atoms. The van der Waals surface area contributed by atoms with E-state index in [0.29, 0.717) is 13.1 Å². The summed E-state index contributed by atoms with van der Waals surface area (Å²) in [7, 11) is -3.32. The Labute approximate surface area is 99.9 Å². The molecule has 1 fully saturated rings. The van der Waals surface area contributed by atoms with Crippen LogP contribution in [0.3, 0.4) is 0 Å². The number of para-hydroxylation sites is 1. The lowest BCUT2D eigenvalue weighted by Gasteiger charge is -2.29. The summed E-state index contributed by atoms with van der Waals surface area (Å²) in [6, 6.07) is 9.20. The van der Waals surface area contributed by atoms with E-state index in [1.54, 1.807) is 6.07 Å². The van der Waals surface area contributed by atoms with Gasteiger partial charge in [-0.05, 0) is 18.6 Å². The van der Waals surface area contributed by atoms with E-state index in [1.165, 1.54) is 10.5 Å². The molecule has 0 atom stereocenters. The predicted molar refractivity (Wildman–Crippen MR) is 65.1 cm³/mol. The van der Waals surface area contributed by atoms with Gasteiger partial charge < -0.3 is 0 Å². The summed E-state index contributed by atoms with van der Waals surface area (Å²) in [5.74, 6) is 0. The van der Waals surface area contributed by atoms with E-state index < -0.39 is 10.0 Å². The number of sulfonamides is 1. The molecular weight excluding hydrogens is 236 g/mol. The number of fused-ring (bicyclic) bond motifs is 1. The largest absolute Gasteiger partial charge is 0.255 e. The van der Waals surface area contributed by atoms with Gasteiger partial charge in [-0.25, -0.2) is 8.42 Å². The smallest absolute Gasteiger partial charge is 0.244 e. The molecule has 0 unspecified atom stereocenters. The quantitative estimate of drug-likeness (QED) is 0.811. The predicted octanol–water partition coefficient (Wildman–Crippen LogP) is 1.63. The highest BCUT2D eigenvalue weighted by molar-refractivity contribution is 7.89. The molecule has 5 heteroatoms. The van der Waals surface area contributed by atoms with E-state index in [2.05, 4.69) is 4.98 Å². The monoisotopic (exact) mass is 248 g/mol. The molecule has 2 aromatic rings. The molecule has 2 heterocycles. The van der Waals surface area contributed by atoms with E-state index in [1.807, 2.05) is 24.3 Å². The van der Waals surface area contributed by atoms with Gasteiger partial charge in [0.05, 0.1) is 5.52 Å². The number of pyridine rings is 1. The van der Waals surface area contributed by atoms with Crippen molar-refractivity contribution in [2.75, 3.05) is 13.1 Å². The third-order valence-corrected chi connectivity index (χ3v) is 4.88. The minimum atomic E-state index is -3.32. The summed E-state index contributed by atoms with van der Waals surface area (Å²) < 4.78 is 25.8. The third-order valence-electron chi connectivity index (χ3n) is 3.02. The highest BCUT2D eigenvalue weighted by Crippen LogP contribution is 2.23. The minimum Gasteiger partial charge on any atom is -0.255 e. The van der Waals surface area contributed by atoms with Crippen molar-refractivity contribution in [3.8, 4) is 0 Å². The molecule has 0 saturated carbocycles. The van der Waals surface area contributed by atoms with Crippen LogP contribution in [0, 0.1) is 0 Å². The maximum Gasteiger partial charge on any atom is 0.244 e. The second-order valence-electron chi connectivity index (χ2n) is 4.12. The fourth-order valence-corrected chi connectivity index (χ4v) is 3.37. The lowest BCUT2D eigenvalue weighted by Crippen LogP contribution is -2.41. The zero-order valence-corrected chi connectivity index (χ0v) is 10.0. The Morgan fingerprint density at radius 1 is 1.18 bits per heavy atom. The van der Waals surface area contributed by atoms with E-state index in [4.69, 9.17) is 0 Å². The second-order valence-corrected chi connectivity index (χ2v) is 6.06. The Bertz CT molecular complexity index is 663. The van der Waals surface area contributed by atoms with Crippen LogP contribution in [-0.4, -0.2) is 30.8 Å². The van der Waals surface area contributed by atoms with Gasteiger partial charge in [0.2, 0.25) is 10.0 Å². The number of rotatable bonds is 2. The Morgan fingerprint density at radius 3 is 2.65 bits per heavy atom. The van der Waals surface area contributed by atoms with Crippen LogP contribution in [0.25, 0.3) is 10.9 Å². The Morgan fingerprint density at radius 2 is 1.94 bits per heavy atom. The Hall–Kier alpha value is -1.46. The minimum absolute atomic E-state index is 0.288. The van der Waals surface area contributed by atoms with Crippen molar-refractivity contribution in [1.29, 1.82) is 0 Å². The van der Waals surface area contributed by atoms with Crippen LogP contribution in [-0.2, 0) is 10.0 Å². The van der Waals surface area contributed by atoms with Gasteiger partial charge in [0, 0.05) is 24.7 Å². The maximum absolute atomic E-state index is 12.1. The van der Waals surface area contributed by atoms with Crippen molar-refractivity contribution in [3.05, 3.63) is 36.5 Å². The van der Waals surface area contributed by atoms with Crippen LogP contribution in [0.5, 0.6) is 0 Å². The van der Waals surface area contributed by atoms with Crippen molar-refractivity contribution >= 4 is 20.9 Å². The van der Waals surface area contributed by atoms with E-state index in [9.17, 15) is 8.42 Å². The fourth-order valence-electron chi connectivity index (χ4n) is 1.87. The molecular formula is C12H12N2O2S. The van der Waals surface area contributed by atoms with Crippen molar-refractivity contribution in [2.45, 2.75) is 11.3 Å². The van der Waals surface area contributed by atoms with Gasteiger partial charge in [-0.15, -0.1) is 0 Å². The number of hydrogen-bond acceptors (Lipinski definition) is 3. The first-order valence-electron chi connectivity index (χ1n) is 5.53. The molecule has 1 aliphatic heterocycles. The van der Waals surface area contributed by atoms with Crippen LogP contribution >= 0.6 is 0 Å². The van der Waals surface area contributed by atoms with Crippen molar-refractivity contribution in [1.82, 2.24) is 9.29 Å². The summed E-state index contributed by atoms with van der Waals surface area (Å²) >= 11 is 0. The normalized spacial score (nSPS) is 16.9. The average molecular weight is 248 g/mol. The molecule has 3 rings (SSSR count). The van der Waals surface area contributed by atoms with Gasteiger partial charge >= 0.3 is 0 Å². The summed E-state index contributed by atoms with van der Waals surface area (Å²) in [5, 5.41) is 0.856. The van der Waals surface area contributed by atoms with E-state index in [-0.39, 0.29) is 4.90 Å². The van der Waals surface area contributed by atoms with Crippen molar-refractivity contribution in [3.63, 3.8) is 0 Å². The third kappa shape index (κ3) is 1.71. The Balaban J connectivity index is 2.11. The van der Waals surface area contributed by atoms with Gasteiger partial charge in [0.25, 0.3) is 0 Å². The molecule has 1 aliphatic rings. The van der Waals surface area contributed by atoms with Crippen LogP contribution in [0.15, 0.2) is 41.4 Å². The molecule has 17 heavy (non-hydrogen) atoms. The number of benzene rings is 1. The molecule has 1 saturated heterocycles. The molecule has 0 aliphatic carbocycles. The first-order chi connectivity index (χ1) is 8.18. The second kappa shape index (κ2) is 3.78. The average Bonchev–Trinajstić information content (AvgIpc) is 2.25. The lowest BCUT2D eigenvalue weighted by molar-refractivity contribution is 0.309. The first kappa shape index (κ1) is 10.7. The number of hydrogen-bond donors (Lipinski definition) is 0. The highest BCUT2D eigenvalue weighted by Gasteiger charge is 2.29. The molecule has 1 aromatic heterocycles. The van der Waals surface area contributed by atoms with Gasteiger partial charge in [-0.2, -0.15) is 4.31 Å². The van der Waals surface area contributed by atoms with Crippen LogP contribution in [0.4, 0.5) is 0 Å². The molecule has 0 radical (unpaired) electrons. The molecule has 0 amide bonds. The van der Waals surface area contributed by atoms with Crippen molar-refractivity contribution < 1.29 is 8.42 Å². The topological polar surface area (TPSA) is 50.3 Å². The number of aromatic nitrogens is 1. The summed E-state index contributed by atoms with van der Waals surface area (Å²) in [6.45, 7) is 1.24. The van der Waals surface area contributed by atoms with E-state index in [0.717, 1.165) is 17.3 Å². The Kier molecular flexibility index (Phi) is 2.38. The first-order valence-corrected chi connectivity index (χ1v) is 6.97. The summed E-state index contributed by atoms with van der Waals surface area (Å²) in [6.07, 6.45) is 2.39. The zero-order valence-electron chi connectivity index (χ0n) is 9.20. The lowest BCUT2D eigenvalue weighted by atomic mass is 10.2. The van der Waals surface area contributed by atoms with Gasteiger partial charge in [0.15, 0.2) is 0 Å². The fraction of sp³-hybridized carbons (Fsp3) is 0.250.